The van der Waals surface area contributed by atoms with Gasteiger partial charge in [0.05, 0.1) is 24.9 Å². The van der Waals surface area contributed by atoms with Crippen molar-refractivity contribution in [3.63, 3.8) is 0 Å². The number of fused-ring (bicyclic) bond motifs is 1. The average molecular weight is 316 g/mol. The van der Waals surface area contributed by atoms with Gasteiger partial charge in [-0.25, -0.2) is 0 Å². The van der Waals surface area contributed by atoms with E-state index in [9.17, 15) is 10.2 Å². The van der Waals surface area contributed by atoms with Crippen LogP contribution in [0.1, 0.15) is 26.2 Å². The SMILES string of the molecule is COC1CC2C(CCN(CC(O)CNCCO)C2C)CC1O. The molecule has 2 rings (SSSR count). The summed E-state index contributed by atoms with van der Waals surface area (Å²) in [6.07, 6.45) is 2.01. The van der Waals surface area contributed by atoms with Crippen LogP contribution >= 0.6 is 0 Å². The van der Waals surface area contributed by atoms with E-state index in [1.54, 1.807) is 7.11 Å². The number of nitrogens with zero attached hydrogens (tertiary/aromatic N) is 1. The molecule has 2 aliphatic rings. The van der Waals surface area contributed by atoms with Gasteiger partial charge in [0.15, 0.2) is 0 Å². The van der Waals surface area contributed by atoms with Crippen molar-refractivity contribution in [2.24, 2.45) is 11.8 Å². The maximum absolute atomic E-state index is 10.1. The summed E-state index contributed by atoms with van der Waals surface area (Å²) in [7, 11) is 1.68. The van der Waals surface area contributed by atoms with Gasteiger partial charge in [0, 0.05) is 32.8 Å². The van der Waals surface area contributed by atoms with Crippen LogP contribution in [0.2, 0.25) is 0 Å². The van der Waals surface area contributed by atoms with E-state index >= 15 is 0 Å². The number of hydrogen-bond acceptors (Lipinski definition) is 6. The lowest BCUT2D eigenvalue weighted by Crippen LogP contribution is -2.55. The number of nitrogens with one attached hydrogen (secondary N) is 1. The van der Waals surface area contributed by atoms with E-state index in [-0.39, 0.29) is 18.8 Å². The zero-order valence-electron chi connectivity index (χ0n) is 13.8. The second-order valence-electron chi connectivity index (χ2n) is 6.84. The molecule has 0 amide bonds. The minimum Gasteiger partial charge on any atom is -0.395 e. The first kappa shape index (κ1) is 18.1. The third kappa shape index (κ3) is 4.40. The highest BCUT2D eigenvalue weighted by Crippen LogP contribution is 2.40. The van der Waals surface area contributed by atoms with Crippen LogP contribution in [-0.2, 0) is 4.74 Å². The van der Waals surface area contributed by atoms with E-state index in [1.165, 1.54) is 0 Å². The Morgan fingerprint density at radius 2 is 2.14 bits per heavy atom. The highest BCUT2D eigenvalue weighted by molar-refractivity contribution is 4.95. The molecule has 0 radical (unpaired) electrons. The molecule has 22 heavy (non-hydrogen) atoms. The lowest BCUT2D eigenvalue weighted by molar-refractivity contribution is -0.101. The summed E-state index contributed by atoms with van der Waals surface area (Å²) in [6, 6.07) is 0.399. The molecular weight excluding hydrogens is 284 g/mol. The molecule has 6 unspecified atom stereocenters. The molecule has 1 heterocycles. The Kier molecular flexibility index (Phi) is 7.05. The summed E-state index contributed by atoms with van der Waals surface area (Å²) in [6.45, 7) is 4.99. The van der Waals surface area contributed by atoms with E-state index in [0.717, 1.165) is 25.8 Å². The van der Waals surface area contributed by atoms with Crippen LogP contribution in [0.25, 0.3) is 0 Å². The van der Waals surface area contributed by atoms with Crippen molar-refractivity contribution < 1.29 is 20.1 Å². The summed E-state index contributed by atoms with van der Waals surface area (Å²) in [5.74, 6) is 1.09. The standard InChI is InChI=1S/C16H32N2O4/c1-11-14-8-16(22-2)15(21)7-12(14)3-5-18(11)10-13(20)9-17-4-6-19/h11-17,19-21H,3-10H2,1-2H3. The summed E-state index contributed by atoms with van der Waals surface area (Å²) >= 11 is 0. The molecule has 0 aromatic heterocycles. The third-order valence-electron chi connectivity index (χ3n) is 5.48. The normalized spacial score (nSPS) is 37.8. The van der Waals surface area contributed by atoms with Gasteiger partial charge >= 0.3 is 0 Å². The molecule has 6 heteroatoms. The van der Waals surface area contributed by atoms with E-state index in [0.29, 0.717) is 37.5 Å². The largest absolute Gasteiger partial charge is 0.395 e. The van der Waals surface area contributed by atoms with Crippen LogP contribution in [0.4, 0.5) is 0 Å². The Bertz CT molecular complexity index is 331. The minimum absolute atomic E-state index is 0.0557. The van der Waals surface area contributed by atoms with E-state index < -0.39 is 6.10 Å². The van der Waals surface area contributed by atoms with Gasteiger partial charge in [0.25, 0.3) is 0 Å². The van der Waals surface area contributed by atoms with Gasteiger partial charge in [0.1, 0.15) is 0 Å². The Balaban J connectivity index is 1.86. The highest BCUT2D eigenvalue weighted by atomic mass is 16.5. The second-order valence-corrected chi connectivity index (χ2v) is 6.84. The minimum atomic E-state index is -0.419. The van der Waals surface area contributed by atoms with Gasteiger partial charge in [-0.2, -0.15) is 0 Å². The lowest BCUT2D eigenvalue weighted by Gasteiger charge is -2.49. The summed E-state index contributed by atoms with van der Waals surface area (Å²) < 4.78 is 5.43. The number of β-amino-alcohol motifs (C(OH)–C–C–N with tert-alkyl or cyclic N) is 1. The average Bonchev–Trinajstić information content (AvgIpc) is 2.50. The van der Waals surface area contributed by atoms with E-state index in [2.05, 4.69) is 17.1 Å². The van der Waals surface area contributed by atoms with Gasteiger partial charge in [-0.1, -0.05) is 0 Å². The first-order valence-corrected chi connectivity index (χ1v) is 8.51. The molecule has 0 bridgehead atoms. The van der Waals surface area contributed by atoms with Crippen molar-refractivity contribution in [1.82, 2.24) is 10.2 Å². The quantitative estimate of drug-likeness (QED) is 0.471. The zero-order chi connectivity index (χ0) is 16.1. The molecule has 6 nitrogen and oxygen atoms in total. The predicted octanol–water partition coefficient (Wildman–Crippen LogP) is -0.574. The number of aliphatic hydroxyl groups is 3. The van der Waals surface area contributed by atoms with Crippen molar-refractivity contribution in [2.45, 2.75) is 50.5 Å². The van der Waals surface area contributed by atoms with Crippen molar-refractivity contribution in [3.05, 3.63) is 0 Å². The van der Waals surface area contributed by atoms with Crippen molar-refractivity contribution in [1.29, 1.82) is 0 Å². The first-order valence-electron chi connectivity index (χ1n) is 8.51. The zero-order valence-corrected chi connectivity index (χ0v) is 13.8. The molecular formula is C16H32N2O4. The van der Waals surface area contributed by atoms with Crippen molar-refractivity contribution >= 4 is 0 Å². The molecule has 0 spiro atoms. The smallest absolute Gasteiger partial charge is 0.0833 e. The fourth-order valence-corrected chi connectivity index (χ4v) is 4.18. The number of piperidine rings is 1. The Morgan fingerprint density at radius 3 is 2.82 bits per heavy atom. The Labute approximate surface area is 133 Å². The molecule has 1 saturated carbocycles. The number of hydrogen-bond donors (Lipinski definition) is 4. The van der Waals surface area contributed by atoms with E-state index in [1.807, 2.05) is 0 Å². The Hall–Kier alpha value is -0.240. The topological polar surface area (TPSA) is 85.2 Å². The predicted molar refractivity (Wildman–Crippen MR) is 84.6 cm³/mol. The summed E-state index contributed by atoms with van der Waals surface area (Å²) in [4.78, 5) is 2.36. The van der Waals surface area contributed by atoms with Gasteiger partial charge in [-0.15, -0.1) is 0 Å². The molecule has 6 atom stereocenters. The third-order valence-corrected chi connectivity index (χ3v) is 5.48. The van der Waals surface area contributed by atoms with Gasteiger partial charge in [-0.05, 0) is 44.6 Å². The summed E-state index contributed by atoms with van der Waals surface area (Å²) in [5.41, 5.74) is 0. The van der Waals surface area contributed by atoms with Crippen LogP contribution in [0.15, 0.2) is 0 Å². The second kappa shape index (κ2) is 8.57. The van der Waals surface area contributed by atoms with Gasteiger partial charge in [-0.3, -0.25) is 4.90 Å². The monoisotopic (exact) mass is 316 g/mol. The van der Waals surface area contributed by atoms with Crippen LogP contribution < -0.4 is 5.32 Å². The van der Waals surface area contributed by atoms with Crippen LogP contribution in [0.5, 0.6) is 0 Å². The maximum atomic E-state index is 10.1. The number of aliphatic hydroxyl groups excluding tert-OH is 3. The van der Waals surface area contributed by atoms with Crippen LogP contribution in [0, 0.1) is 11.8 Å². The fraction of sp³-hybridized carbons (Fsp3) is 1.00. The number of ether oxygens (including phenoxy) is 1. The molecule has 4 N–H and O–H groups in total. The molecule has 130 valence electrons. The van der Waals surface area contributed by atoms with Crippen LogP contribution in [-0.4, -0.2) is 84.5 Å². The first-order chi connectivity index (χ1) is 10.6. The molecule has 2 fully saturated rings. The van der Waals surface area contributed by atoms with E-state index in [4.69, 9.17) is 9.84 Å². The molecule has 1 saturated heterocycles. The molecule has 1 aliphatic carbocycles. The van der Waals surface area contributed by atoms with Gasteiger partial charge < -0.3 is 25.4 Å². The highest BCUT2D eigenvalue weighted by Gasteiger charge is 2.43. The molecule has 1 aliphatic heterocycles. The molecule has 0 aromatic carbocycles. The van der Waals surface area contributed by atoms with Crippen molar-refractivity contribution in [2.75, 3.05) is 39.9 Å². The molecule has 0 aromatic rings. The lowest BCUT2D eigenvalue weighted by atomic mass is 9.69. The maximum Gasteiger partial charge on any atom is 0.0833 e. The number of likely N-dealkylation sites (tertiary alicyclic amines) is 1. The number of rotatable bonds is 7. The van der Waals surface area contributed by atoms with Crippen molar-refractivity contribution in [3.8, 4) is 0 Å². The van der Waals surface area contributed by atoms with Gasteiger partial charge in [0.2, 0.25) is 0 Å². The van der Waals surface area contributed by atoms with Crippen LogP contribution in [0.3, 0.4) is 0 Å². The number of methoxy groups -OCH3 is 1. The Morgan fingerprint density at radius 1 is 1.36 bits per heavy atom. The fourth-order valence-electron chi connectivity index (χ4n) is 4.18. The summed E-state index contributed by atoms with van der Waals surface area (Å²) in [5, 5.41) is 32.0.